The van der Waals surface area contributed by atoms with Crippen molar-refractivity contribution in [2.45, 2.75) is 43.2 Å². The Hall–Kier alpha value is -2.19. The van der Waals surface area contributed by atoms with Gasteiger partial charge in [-0.15, -0.1) is 0 Å². The van der Waals surface area contributed by atoms with Crippen molar-refractivity contribution in [2.24, 2.45) is 0 Å². The summed E-state index contributed by atoms with van der Waals surface area (Å²) in [6.07, 6.45) is 3.84. The van der Waals surface area contributed by atoms with E-state index in [9.17, 15) is 17.6 Å². The second-order valence-corrected chi connectivity index (χ2v) is 8.17. The quantitative estimate of drug-likeness (QED) is 0.836. The molecule has 1 aromatic carbocycles. The van der Waals surface area contributed by atoms with Crippen LogP contribution < -0.4 is 5.32 Å². The normalized spacial score (nSPS) is 18.6. The van der Waals surface area contributed by atoms with E-state index >= 15 is 0 Å². The molecule has 1 N–H and O–H groups in total. The molecule has 0 radical (unpaired) electrons. The van der Waals surface area contributed by atoms with Crippen LogP contribution in [0.25, 0.3) is 0 Å². The molecule has 0 unspecified atom stereocenters. The van der Waals surface area contributed by atoms with Crippen molar-refractivity contribution in [3.63, 3.8) is 0 Å². The van der Waals surface area contributed by atoms with Crippen LogP contribution in [-0.2, 0) is 21.4 Å². The first-order valence-corrected chi connectivity index (χ1v) is 9.97. The number of piperidine rings is 1. The highest BCUT2D eigenvalue weighted by atomic mass is 32.2. The van der Waals surface area contributed by atoms with Crippen molar-refractivity contribution in [2.75, 3.05) is 6.54 Å². The highest BCUT2D eigenvalue weighted by Crippen LogP contribution is 2.27. The fraction of sp³-hybridized carbons (Fsp3) is 0.389. The minimum absolute atomic E-state index is 0.0433. The monoisotopic (exact) mass is 380 g/mol. The molecule has 1 atom stereocenters. The van der Waals surface area contributed by atoms with Crippen LogP contribution in [0.1, 0.15) is 31.4 Å². The Labute approximate surface area is 152 Å². The molecule has 1 saturated heterocycles. The Kier molecular flexibility index (Phi) is 5.73. The topological polar surface area (TPSA) is 79.6 Å². The molecule has 3 rings (SSSR count). The number of nitrogens with one attached hydrogen (secondary N) is 1. The molecule has 0 spiro atoms. The Morgan fingerprint density at radius 2 is 2.00 bits per heavy atom. The Morgan fingerprint density at radius 3 is 2.69 bits per heavy atom. The Morgan fingerprint density at radius 1 is 1.23 bits per heavy atom. The van der Waals surface area contributed by atoms with Gasteiger partial charge in [0.25, 0.3) is 0 Å². The third-order valence-corrected chi connectivity index (χ3v) is 6.42. The molecular weight excluding hydrogens is 359 g/mol. The summed E-state index contributed by atoms with van der Waals surface area (Å²) >= 11 is 0. The molecule has 8 heteroatoms. The minimum atomic E-state index is -3.76. The zero-order valence-electron chi connectivity index (χ0n) is 14.2. The maximum absolute atomic E-state index is 13.1. The lowest BCUT2D eigenvalue weighted by molar-refractivity contribution is -0.122. The van der Waals surface area contributed by atoms with Crippen molar-refractivity contribution in [3.8, 4) is 0 Å². The zero-order valence-corrected chi connectivity index (χ0v) is 15.0. The first-order chi connectivity index (χ1) is 12.5. The number of carbonyl (C=O) groups is 1. The van der Waals surface area contributed by atoms with Crippen LogP contribution in [0.4, 0.5) is 4.39 Å². The number of amides is 1. The number of nitrogens with zero attached hydrogens (tertiary/aromatic N) is 1. The van der Waals surface area contributed by atoms with Gasteiger partial charge in [-0.25, -0.2) is 12.8 Å². The first-order valence-electron chi connectivity index (χ1n) is 8.53. The van der Waals surface area contributed by atoms with Gasteiger partial charge in [0.2, 0.25) is 15.9 Å². The van der Waals surface area contributed by atoms with Gasteiger partial charge in [-0.05, 0) is 49.2 Å². The van der Waals surface area contributed by atoms with E-state index in [1.54, 1.807) is 12.1 Å². The molecule has 0 bridgehead atoms. The summed E-state index contributed by atoms with van der Waals surface area (Å²) in [5.41, 5.74) is 0. The van der Waals surface area contributed by atoms with E-state index in [0.29, 0.717) is 18.7 Å². The van der Waals surface area contributed by atoms with Gasteiger partial charge in [0.05, 0.1) is 17.7 Å². The lowest BCUT2D eigenvalue weighted by Gasteiger charge is -2.34. The van der Waals surface area contributed by atoms with Gasteiger partial charge >= 0.3 is 0 Å². The molecule has 1 aliphatic rings. The first kappa shape index (κ1) is 18.6. The molecule has 1 aliphatic heterocycles. The van der Waals surface area contributed by atoms with Crippen LogP contribution in [0.2, 0.25) is 0 Å². The summed E-state index contributed by atoms with van der Waals surface area (Å²) < 4.78 is 45.4. The molecule has 2 aromatic rings. The number of sulfonamides is 1. The lowest BCUT2D eigenvalue weighted by atomic mass is 10.0. The standard InChI is InChI=1S/C18H21FN2O4S/c19-14-6-8-17(9-7-14)26(23,24)21-10-2-1-4-15(21)12-18(22)20-13-16-5-3-11-25-16/h3,5-9,11,15H,1-2,4,10,12-13H2,(H,20,22)/t15-/m1/s1. The highest BCUT2D eigenvalue weighted by Gasteiger charge is 2.34. The van der Waals surface area contributed by atoms with E-state index in [-0.39, 0.29) is 23.8 Å². The number of furan rings is 1. The molecule has 0 aliphatic carbocycles. The molecular formula is C18H21FN2O4S. The number of hydrogen-bond acceptors (Lipinski definition) is 4. The molecule has 1 aromatic heterocycles. The van der Waals surface area contributed by atoms with E-state index in [4.69, 9.17) is 4.42 Å². The molecule has 0 saturated carbocycles. The van der Waals surface area contributed by atoms with Gasteiger partial charge in [0.15, 0.2) is 0 Å². The minimum Gasteiger partial charge on any atom is -0.467 e. The van der Waals surface area contributed by atoms with E-state index in [1.165, 1.54) is 22.7 Å². The zero-order chi connectivity index (χ0) is 18.6. The van der Waals surface area contributed by atoms with Gasteiger partial charge in [0, 0.05) is 19.0 Å². The third-order valence-electron chi connectivity index (χ3n) is 4.45. The Balaban J connectivity index is 1.68. The Bertz CT molecular complexity index is 835. The van der Waals surface area contributed by atoms with E-state index < -0.39 is 21.9 Å². The van der Waals surface area contributed by atoms with E-state index in [1.807, 2.05) is 0 Å². The van der Waals surface area contributed by atoms with Crippen molar-refractivity contribution in [1.82, 2.24) is 9.62 Å². The molecule has 2 heterocycles. The maximum Gasteiger partial charge on any atom is 0.243 e. The smallest absolute Gasteiger partial charge is 0.243 e. The number of hydrogen-bond donors (Lipinski definition) is 1. The van der Waals surface area contributed by atoms with Crippen LogP contribution in [0.15, 0.2) is 52.0 Å². The number of benzene rings is 1. The highest BCUT2D eigenvalue weighted by molar-refractivity contribution is 7.89. The molecule has 140 valence electrons. The summed E-state index contributed by atoms with van der Waals surface area (Å²) in [4.78, 5) is 12.3. The fourth-order valence-electron chi connectivity index (χ4n) is 3.12. The summed E-state index contributed by atoms with van der Waals surface area (Å²) in [5.74, 6) is -0.0816. The molecule has 1 fully saturated rings. The second-order valence-electron chi connectivity index (χ2n) is 6.28. The molecule has 26 heavy (non-hydrogen) atoms. The van der Waals surface area contributed by atoms with Crippen molar-refractivity contribution in [1.29, 1.82) is 0 Å². The van der Waals surface area contributed by atoms with Crippen LogP contribution in [-0.4, -0.2) is 31.2 Å². The predicted octanol–water partition coefficient (Wildman–Crippen LogP) is 2.67. The van der Waals surface area contributed by atoms with Crippen LogP contribution in [0.3, 0.4) is 0 Å². The molecule has 6 nitrogen and oxygen atoms in total. The average molecular weight is 380 g/mol. The second kappa shape index (κ2) is 8.01. The summed E-state index contributed by atoms with van der Waals surface area (Å²) in [5, 5.41) is 2.75. The van der Waals surface area contributed by atoms with Gasteiger partial charge in [-0.2, -0.15) is 4.31 Å². The summed E-state index contributed by atoms with van der Waals surface area (Å²) in [6.45, 7) is 0.624. The van der Waals surface area contributed by atoms with Gasteiger partial charge < -0.3 is 9.73 Å². The van der Waals surface area contributed by atoms with Gasteiger partial charge in [-0.3, -0.25) is 4.79 Å². The van der Waals surface area contributed by atoms with Gasteiger partial charge in [-0.1, -0.05) is 6.42 Å². The summed E-state index contributed by atoms with van der Waals surface area (Å²) in [7, 11) is -3.76. The van der Waals surface area contributed by atoms with Gasteiger partial charge in [0.1, 0.15) is 11.6 Å². The number of rotatable bonds is 6. The maximum atomic E-state index is 13.1. The SMILES string of the molecule is O=C(C[C@H]1CCCCN1S(=O)(=O)c1ccc(F)cc1)NCc1ccco1. The molecule has 1 amide bonds. The van der Waals surface area contributed by atoms with Crippen molar-refractivity contribution >= 4 is 15.9 Å². The van der Waals surface area contributed by atoms with Crippen LogP contribution in [0, 0.1) is 5.82 Å². The van der Waals surface area contributed by atoms with E-state index in [0.717, 1.165) is 25.0 Å². The largest absolute Gasteiger partial charge is 0.467 e. The lowest BCUT2D eigenvalue weighted by Crippen LogP contribution is -2.45. The number of carbonyl (C=O) groups excluding carboxylic acids is 1. The average Bonchev–Trinajstić information content (AvgIpc) is 3.14. The van der Waals surface area contributed by atoms with E-state index in [2.05, 4.69) is 5.32 Å². The summed E-state index contributed by atoms with van der Waals surface area (Å²) in [6, 6.07) is 7.85. The van der Waals surface area contributed by atoms with Crippen LogP contribution in [0.5, 0.6) is 0 Å². The predicted molar refractivity (Wildman–Crippen MR) is 93.1 cm³/mol. The third kappa shape index (κ3) is 4.31. The van der Waals surface area contributed by atoms with Crippen molar-refractivity contribution in [3.05, 3.63) is 54.2 Å². The van der Waals surface area contributed by atoms with Crippen molar-refractivity contribution < 1.29 is 22.0 Å². The fourth-order valence-corrected chi connectivity index (χ4v) is 4.81. The number of halogens is 1. The van der Waals surface area contributed by atoms with Crippen LogP contribution >= 0.6 is 0 Å².